The third kappa shape index (κ3) is 5.86. The zero-order valence-corrected chi connectivity index (χ0v) is 21.7. The molecule has 2 N–H and O–H groups in total. The van der Waals surface area contributed by atoms with Gasteiger partial charge >= 0.3 is 6.01 Å². The number of anilines is 1. The molecule has 1 aromatic carbocycles. The van der Waals surface area contributed by atoms with Crippen molar-refractivity contribution in [2.75, 3.05) is 44.4 Å². The molecule has 0 radical (unpaired) electrons. The fourth-order valence-electron chi connectivity index (χ4n) is 4.78. The smallest absolute Gasteiger partial charge is 0.320 e. The lowest BCUT2D eigenvalue weighted by atomic mass is 9.99. The molecule has 2 aliphatic rings. The second kappa shape index (κ2) is 11.4. The molecule has 1 saturated heterocycles. The van der Waals surface area contributed by atoms with Gasteiger partial charge in [0.05, 0.1) is 11.1 Å². The normalized spacial score (nSPS) is 17.4. The summed E-state index contributed by atoms with van der Waals surface area (Å²) >= 11 is 1.89. The number of carbonyl (C=O) groups is 1. The number of likely N-dealkylation sites (tertiary alicyclic amines) is 1. The molecule has 194 valence electrons. The number of halogens is 1. The average Bonchev–Trinajstić information content (AvgIpc) is 3.33. The van der Waals surface area contributed by atoms with Gasteiger partial charge in [0.2, 0.25) is 0 Å². The Kier molecular flexibility index (Phi) is 7.85. The van der Waals surface area contributed by atoms with E-state index >= 15 is 0 Å². The van der Waals surface area contributed by atoms with Crippen LogP contribution in [-0.2, 0) is 11.2 Å². The van der Waals surface area contributed by atoms with Gasteiger partial charge in [-0.3, -0.25) is 4.79 Å². The van der Waals surface area contributed by atoms with Crippen molar-refractivity contribution in [1.29, 1.82) is 0 Å². The molecule has 8 nitrogen and oxygen atoms in total. The Bertz CT molecular complexity index is 1320. The van der Waals surface area contributed by atoms with E-state index in [1.165, 1.54) is 10.5 Å². The second-order valence-corrected chi connectivity index (χ2v) is 10.5. The Morgan fingerprint density at radius 2 is 2.11 bits per heavy atom. The van der Waals surface area contributed by atoms with Gasteiger partial charge in [0, 0.05) is 29.6 Å². The number of rotatable bonds is 9. The molecule has 3 aromatic rings. The van der Waals surface area contributed by atoms with E-state index in [9.17, 15) is 9.18 Å². The first kappa shape index (κ1) is 25.4. The molecule has 1 amide bonds. The molecule has 5 rings (SSSR count). The highest BCUT2D eigenvalue weighted by molar-refractivity contribution is 7.99. The van der Waals surface area contributed by atoms with Crippen LogP contribution in [0, 0.1) is 0 Å². The van der Waals surface area contributed by atoms with Crippen molar-refractivity contribution in [3.8, 4) is 17.3 Å². The molecule has 37 heavy (non-hydrogen) atoms. The van der Waals surface area contributed by atoms with Crippen LogP contribution in [0.2, 0.25) is 0 Å². The first-order chi connectivity index (χ1) is 18.0. The highest BCUT2D eigenvalue weighted by atomic mass is 32.2. The predicted molar refractivity (Wildman–Crippen MR) is 145 cm³/mol. The highest BCUT2D eigenvalue weighted by Crippen LogP contribution is 2.37. The molecular weight excluding hydrogens is 491 g/mol. The summed E-state index contributed by atoms with van der Waals surface area (Å²) in [6.07, 6.45) is 4.42. The zero-order chi connectivity index (χ0) is 25.8. The Balaban J connectivity index is 1.43. The molecule has 0 saturated carbocycles. The van der Waals surface area contributed by atoms with Gasteiger partial charge in [-0.15, -0.1) is 11.8 Å². The first-order valence-electron chi connectivity index (χ1n) is 12.6. The molecule has 0 spiro atoms. The van der Waals surface area contributed by atoms with Crippen LogP contribution in [0.1, 0.15) is 24.8 Å². The molecule has 0 aliphatic carbocycles. The van der Waals surface area contributed by atoms with Gasteiger partial charge in [-0.25, -0.2) is 9.37 Å². The molecular formula is C27H31FN6O2S. The predicted octanol–water partition coefficient (Wildman–Crippen LogP) is 4.21. The molecule has 0 bridgehead atoms. The largest absolute Gasteiger partial charge is 0.462 e. The van der Waals surface area contributed by atoms with Crippen molar-refractivity contribution < 1.29 is 13.9 Å². The van der Waals surface area contributed by atoms with Gasteiger partial charge < -0.3 is 20.3 Å². The maximum Gasteiger partial charge on any atom is 0.320 e. The Morgan fingerprint density at radius 1 is 1.22 bits per heavy atom. The molecule has 10 heteroatoms. The van der Waals surface area contributed by atoms with Gasteiger partial charge in [0.15, 0.2) is 11.5 Å². The van der Waals surface area contributed by atoms with Gasteiger partial charge in [-0.1, -0.05) is 18.7 Å². The number of likely N-dealkylation sites (N-methyl/N-ethyl adjacent to an activating group) is 1. The minimum absolute atomic E-state index is 0.204. The average molecular weight is 523 g/mol. The maximum atomic E-state index is 13.0. The Morgan fingerprint density at radius 3 is 2.92 bits per heavy atom. The number of nitrogens with one attached hydrogen (secondary N) is 2. The lowest BCUT2D eigenvalue weighted by Gasteiger charge is -2.20. The van der Waals surface area contributed by atoms with Gasteiger partial charge in [-0.2, -0.15) is 9.97 Å². The minimum Gasteiger partial charge on any atom is -0.462 e. The number of hydrogen-bond donors (Lipinski definition) is 2. The monoisotopic (exact) mass is 522 g/mol. The van der Waals surface area contributed by atoms with E-state index in [0.29, 0.717) is 30.7 Å². The number of pyridine rings is 1. The number of thioether (sulfide) groups is 1. The summed E-state index contributed by atoms with van der Waals surface area (Å²) in [5, 5.41) is 6.43. The summed E-state index contributed by atoms with van der Waals surface area (Å²) in [6, 6.07) is 10.9. The Labute approximate surface area is 220 Å². The van der Waals surface area contributed by atoms with Crippen LogP contribution in [0.15, 0.2) is 47.6 Å². The number of amides is 1. The van der Waals surface area contributed by atoms with Crippen LogP contribution < -0.4 is 15.4 Å². The number of ether oxygens (including phenoxy) is 1. The van der Waals surface area contributed by atoms with E-state index in [0.717, 1.165) is 54.6 Å². The summed E-state index contributed by atoms with van der Waals surface area (Å²) < 4.78 is 19.0. The summed E-state index contributed by atoms with van der Waals surface area (Å²) in [5.74, 6) is -0.147. The van der Waals surface area contributed by atoms with Crippen molar-refractivity contribution in [3.05, 3.63) is 48.3 Å². The summed E-state index contributed by atoms with van der Waals surface area (Å²) in [5.41, 5.74) is 3.87. The number of benzene rings is 1. The van der Waals surface area contributed by atoms with Gasteiger partial charge in [0.1, 0.15) is 12.4 Å². The number of fused-ring (bicyclic) bond motifs is 2. The summed E-state index contributed by atoms with van der Waals surface area (Å²) in [6.45, 7) is 5.11. The van der Waals surface area contributed by atoms with Crippen LogP contribution in [0.4, 0.5) is 10.2 Å². The summed E-state index contributed by atoms with van der Waals surface area (Å²) in [4.78, 5) is 29.3. The number of carbonyl (C=O) groups excluding carboxylic acids is 1. The van der Waals surface area contributed by atoms with Crippen molar-refractivity contribution in [2.24, 2.45) is 0 Å². The van der Waals surface area contributed by atoms with Crippen LogP contribution in [0.5, 0.6) is 6.01 Å². The first-order valence-corrected chi connectivity index (χ1v) is 13.6. The molecule has 4 heterocycles. The Hall–Kier alpha value is -3.24. The van der Waals surface area contributed by atoms with Crippen LogP contribution in [0.25, 0.3) is 22.3 Å². The molecule has 1 atom stereocenters. The van der Waals surface area contributed by atoms with Gasteiger partial charge in [-0.05, 0) is 68.8 Å². The second-order valence-electron chi connectivity index (χ2n) is 9.33. The van der Waals surface area contributed by atoms with Gasteiger partial charge in [0.25, 0.3) is 5.91 Å². The molecule has 0 unspecified atom stereocenters. The van der Waals surface area contributed by atoms with E-state index in [-0.39, 0.29) is 12.6 Å². The molecule has 2 aromatic heterocycles. The number of nitrogens with zero attached hydrogens (tertiary/aromatic N) is 4. The van der Waals surface area contributed by atoms with Crippen LogP contribution in [0.3, 0.4) is 0 Å². The standard InChI is InChI=1S/C27H31FN6O2S/c1-17(28)26(35)30-13-12-29-24-21-10-11-22(19-7-3-9-23-20(19)8-5-15-37-23)31-25(21)33-27(32-24)36-16-18-6-4-14-34(18)2/h3,7,9-11,18H,1,4-6,8,12-16H2,2H3,(H,30,35)(H,29,31,32,33)/t18-/m0/s1. The topological polar surface area (TPSA) is 92.3 Å². The minimum atomic E-state index is -1.02. The van der Waals surface area contributed by atoms with E-state index in [1.54, 1.807) is 0 Å². The summed E-state index contributed by atoms with van der Waals surface area (Å²) in [7, 11) is 2.10. The molecule has 2 aliphatic heterocycles. The number of aromatic nitrogens is 3. The third-order valence-electron chi connectivity index (χ3n) is 6.80. The van der Waals surface area contributed by atoms with Crippen LogP contribution in [-0.4, -0.2) is 70.8 Å². The van der Waals surface area contributed by atoms with E-state index in [4.69, 9.17) is 9.72 Å². The maximum absolute atomic E-state index is 13.0. The van der Waals surface area contributed by atoms with E-state index in [1.807, 2.05) is 23.9 Å². The van der Waals surface area contributed by atoms with Crippen LogP contribution >= 0.6 is 11.8 Å². The van der Waals surface area contributed by atoms with Crippen molar-refractivity contribution in [2.45, 2.75) is 36.6 Å². The highest BCUT2D eigenvalue weighted by Gasteiger charge is 2.22. The fourth-order valence-corrected chi connectivity index (χ4v) is 5.85. The quantitative estimate of drug-likeness (QED) is 0.319. The third-order valence-corrected chi connectivity index (χ3v) is 7.99. The lowest BCUT2D eigenvalue weighted by Crippen LogP contribution is -2.31. The van der Waals surface area contributed by atoms with Crippen molar-refractivity contribution in [3.63, 3.8) is 0 Å². The van der Waals surface area contributed by atoms with Crippen molar-refractivity contribution >= 4 is 34.5 Å². The SMILES string of the molecule is C=C(F)C(=O)NCCNc1nc(OC[C@@H]2CCCN2C)nc2nc(-c3cccc4c3CCCS4)ccc12. The lowest BCUT2D eigenvalue weighted by molar-refractivity contribution is -0.118. The van der Waals surface area contributed by atoms with E-state index < -0.39 is 11.7 Å². The zero-order valence-electron chi connectivity index (χ0n) is 20.9. The number of hydrogen-bond acceptors (Lipinski definition) is 8. The van der Waals surface area contributed by atoms with Crippen molar-refractivity contribution in [1.82, 2.24) is 25.2 Å². The fraction of sp³-hybridized carbons (Fsp3) is 0.407. The molecule has 1 fully saturated rings. The van der Waals surface area contributed by atoms with E-state index in [2.05, 4.69) is 57.3 Å².